The second-order valence-electron chi connectivity index (χ2n) is 2.71. The molecule has 1 nitrogen and oxygen atoms in total. The number of aryl methyl sites for hydroxylation is 1. The van der Waals surface area contributed by atoms with E-state index in [-0.39, 0.29) is 17.1 Å². The minimum Gasteiger partial charge on any atom is -0.365 e. The summed E-state index contributed by atoms with van der Waals surface area (Å²) in [5.74, 6) is 0.649. The minimum absolute atomic E-state index is 0. The normalized spacial score (nSPS) is 9.60. The molecule has 0 bridgehead atoms. The molecular formula is C8H13FeN. The van der Waals surface area contributed by atoms with Crippen LogP contribution in [0, 0.1) is 6.92 Å². The van der Waals surface area contributed by atoms with E-state index in [0.717, 1.165) is 0 Å². The Morgan fingerprint density at radius 1 is 1.40 bits per heavy atom. The van der Waals surface area contributed by atoms with Gasteiger partial charge in [0, 0.05) is 29.0 Å². The maximum atomic E-state index is 3.15. The van der Waals surface area contributed by atoms with Gasteiger partial charge in [-0.15, -0.1) is 0 Å². The SMILES string of the molecule is Cc1[nH]ccc1C(C)C.[Fe]. The number of H-pyrrole nitrogens is 1. The van der Waals surface area contributed by atoms with Crippen LogP contribution in [-0.2, 0) is 17.1 Å². The first-order valence-corrected chi connectivity index (χ1v) is 3.35. The van der Waals surface area contributed by atoms with Gasteiger partial charge in [-0.2, -0.15) is 0 Å². The molecule has 2 heteroatoms. The number of rotatable bonds is 1. The third-order valence-corrected chi connectivity index (χ3v) is 1.62. The van der Waals surface area contributed by atoms with Crippen LogP contribution in [0.4, 0.5) is 0 Å². The number of aromatic nitrogens is 1. The third-order valence-electron chi connectivity index (χ3n) is 1.62. The molecule has 0 saturated heterocycles. The molecule has 1 heterocycles. The van der Waals surface area contributed by atoms with Gasteiger partial charge in [0.15, 0.2) is 0 Å². The van der Waals surface area contributed by atoms with Crippen LogP contribution in [0.25, 0.3) is 0 Å². The molecule has 0 amide bonds. The number of hydrogen-bond donors (Lipinski definition) is 1. The van der Waals surface area contributed by atoms with Crippen LogP contribution in [0.5, 0.6) is 0 Å². The summed E-state index contributed by atoms with van der Waals surface area (Å²) in [7, 11) is 0. The van der Waals surface area contributed by atoms with Crippen LogP contribution in [0.15, 0.2) is 12.3 Å². The molecule has 0 atom stereocenters. The molecule has 0 unspecified atom stereocenters. The summed E-state index contributed by atoms with van der Waals surface area (Å²) in [5.41, 5.74) is 2.72. The summed E-state index contributed by atoms with van der Waals surface area (Å²) >= 11 is 0. The summed E-state index contributed by atoms with van der Waals surface area (Å²) in [6, 6.07) is 2.14. The molecule has 0 aliphatic rings. The molecule has 0 fully saturated rings. The largest absolute Gasteiger partial charge is 0.365 e. The molecule has 58 valence electrons. The summed E-state index contributed by atoms with van der Waals surface area (Å²) in [4.78, 5) is 3.15. The van der Waals surface area contributed by atoms with Crippen molar-refractivity contribution in [1.82, 2.24) is 4.98 Å². The van der Waals surface area contributed by atoms with E-state index < -0.39 is 0 Å². The summed E-state index contributed by atoms with van der Waals surface area (Å²) < 4.78 is 0. The van der Waals surface area contributed by atoms with Crippen LogP contribution in [0.1, 0.15) is 31.0 Å². The Hall–Kier alpha value is -0.201. The first-order chi connectivity index (χ1) is 4.22. The molecule has 1 rings (SSSR count). The maximum Gasteiger partial charge on any atom is 0.0150 e. The molecule has 0 aliphatic carbocycles. The average Bonchev–Trinajstić information content (AvgIpc) is 2.13. The van der Waals surface area contributed by atoms with Gasteiger partial charge in [0.25, 0.3) is 0 Å². The van der Waals surface area contributed by atoms with Gasteiger partial charge in [-0.05, 0) is 24.5 Å². The summed E-state index contributed by atoms with van der Waals surface area (Å²) in [6.07, 6.45) is 1.99. The molecule has 0 aromatic carbocycles. The van der Waals surface area contributed by atoms with Crippen LogP contribution >= 0.6 is 0 Å². The van der Waals surface area contributed by atoms with E-state index >= 15 is 0 Å². The van der Waals surface area contributed by atoms with Gasteiger partial charge in [-0.1, -0.05) is 13.8 Å². The van der Waals surface area contributed by atoms with Gasteiger partial charge in [0.2, 0.25) is 0 Å². The van der Waals surface area contributed by atoms with E-state index in [2.05, 4.69) is 31.8 Å². The van der Waals surface area contributed by atoms with Crippen LogP contribution in [0.2, 0.25) is 0 Å². The van der Waals surface area contributed by atoms with Gasteiger partial charge < -0.3 is 4.98 Å². The molecule has 0 radical (unpaired) electrons. The smallest absolute Gasteiger partial charge is 0.0150 e. The van der Waals surface area contributed by atoms with Gasteiger partial charge in [-0.3, -0.25) is 0 Å². The van der Waals surface area contributed by atoms with Crippen LogP contribution < -0.4 is 0 Å². The molecule has 0 aliphatic heterocycles. The summed E-state index contributed by atoms with van der Waals surface area (Å²) in [5, 5.41) is 0. The number of hydrogen-bond acceptors (Lipinski definition) is 0. The molecular weight excluding hydrogens is 166 g/mol. The predicted octanol–water partition coefficient (Wildman–Crippen LogP) is 2.44. The topological polar surface area (TPSA) is 15.8 Å². The minimum atomic E-state index is 0. The standard InChI is InChI=1S/C8H13N.Fe/c1-6(2)8-4-5-9-7(8)3;/h4-6,9H,1-3H3;. The average molecular weight is 179 g/mol. The summed E-state index contributed by atoms with van der Waals surface area (Å²) in [6.45, 7) is 6.52. The van der Waals surface area contributed by atoms with Crippen molar-refractivity contribution >= 4 is 0 Å². The van der Waals surface area contributed by atoms with E-state index in [0.29, 0.717) is 5.92 Å². The van der Waals surface area contributed by atoms with Crippen molar-refractivity contribution in [1.29, 1.82) is 0 Å². The number of aromatic amines is 1. The van der Waals surface area contributed by atoms with E-state index in [1.165, 1.54) is 11.3 Å². The van der Waals surface area contributed by atoms with Gasteiger partial charge in [0.1, 0.15) is 0 Å². The van der Waals surface area contributed by atoms with E-state index in [1.54, 1.807) is 0 Å². The van der Waals surface area contributed by atoms with Gasteiger partial charge >= 0.3 is 0 Å². The molecule has 0 saturated carbocycles. The Morgan fingerprint density at radius 2 is 2.00 bits per heavy atom. The van der Waals surface area contributed by atoms with E-state index in [9.17, 15) is 0 Å². The zero-order valence-electron chi connectivity index (χ0n) is 6.59. The maximum absolute atomic E-state index is 3.15. The molecule has 0 spiro atoms. The number of nitrogens with one attached hydrogen (secondary N) is 1. The van der Waals surface area contributed by atoms with Crippen molar-refractivity contribution in [3.05, 3.63) is 23.5 Å². The molecule has 10 heavy (non-hydrogen) atoms. The van der Waals surface area contributed by atoms with Crippen LogP contribution in [-0.4, -0.2) is 4.98 Å². The monoisotopic (exact) mass is 179 g/mol. The van der Waals surface area contributed by atoms with E-state index in [1.807, 2.05) is 6.20 Å². The predicted molar refractivity (Wildman–Crippen MR) is 39.6 cm³/mol. The quantitative estimate of drug-likeness (QED) is 0.637. The second-order valence-corrected chi connectivity index (χ2v) is 2.71. The van der Waals surface area contributed by atoms with Crippen molar-refractivity contribution in [3.63, 3.8) is 0 Å². The molecule has 1 N–H and O–H groups in total. The zero-order chi connectivity index (χ0) is 6.85. The Balaban J connectivity index is 0.000000810. The second kappa shape index (κ2) is 3.84. The third kappa shape index (κ3) is 1.89. The first-order valence-electron chi connectivity index (χ1n) is 3.35. The van der Waals surface area contributed by atoms with Crippen molar-refractivity contribution in [2.45, 2.75) is 26.7 Å². The zero-order valence-corrected chi connectivity index (χ0v) is 7.69. The fourth-order valence-electron chi connectivity index (χ4n) is 1.09. The van der Waals surface area contributed by atoms with Crippen molar-refractivity contribution in [2.75, 3.05) is 0 Å². The fraction of sp³-hybridized carbons (Fsp3) is 0.500. The molecule has 1 aromatic heterocycles. The van der Waals surface area contributed by atoms with Crippen molar-refractivity contribution in [2.24, 2.45) is 0 Å². The Kier molecular flexibility index (Phi) is 3.77. The van der Waals surface area contributed by atoms with Crippen molar-refractivity contribution < 1.29 is 17.1 Å². The molecule has 1 aromatic rings. The Bertz CT molecular complexity index is 191. The van der Waals surface area contributed by atoms with Gasteiger partial charge in [0.05, 0.1) is 0 Å². The van der Waals surface area contributed by atoms with Gasteiger partial charge in [-0.25, -0.2) is 0 Å². The fourth-order valence-corrected chi connectivity index (χ4v) is 1.09. The Morgan fingerprint density at radius 3 is 2.20 bits per heavy atom. The van der Waals surface area contributed by atoms with E-state index in [4.69, 9.17) is 0 Å². The van der Waals surface area contributed by atoms with Crippen molar-refractivity contribution in [3.8, 4) is 0 Å². The first kappa shape index (κ1) is 9.80. The Labute approximate surface area is 72.7 Å². The van der Waals surface area contributed by atoms with Crippen LogP contribution in [0.3, 0.4) is 0 Å².